The Morgan fingerprint density at radius 2 is 1.72 bits per heavy atom. The average molecular weight is 388 g/mol. The molecule has 3 aromatic rings. The van der Waals surface area contributed by atoms with Gasteiger partial charge in [0.15, 0.2) is 0 Å². The third kappa shape index (κ3) is 3.89. The van der Waals surface area contributed by atoms with E-state index in [1.807, 2.05) is 66.7 Å². The molecule has 1 aromatic heterocycles. The number of hydrogen-bond acceptors (Lipinski definition) is 5. The van der Waals surface area contributed by atoms with Gasteiger partial charge >= 0.3 is 0 Å². The Bertz CT molecular complexity index is 1020. The zero-order valence-corrected chi connectivity index (χ0v) is 15.6. The summed E-state index contributed by atoms with van der Waals surface area (Å²) in [7, 11) is 0. The topological polar surface area (TPSA) is 92.1 Å². The van der Waals surface area contributed by atoms with E-state index in [4.69, 9.17) is 10.2 Å². The molecule has 1 aliphatic rings. The molecule has 0 bridgehead atoms. The van der Waals surface area contributed by atoms with Crippen molar-refractivity contribution in [2.45, 2.75) is 19.0 Å². The third-order valence-electron chi connectivity index (χ3n) is 4.71. The van der Waals surface area contributed by atoms with Gasteiger partial charge in [0, 0.05) is 12.1 Å². The maximum atomic E-state index is 13.4. The molecule has 2 aromatic carbocycles. The standard InChI is InChI=1S/C22H20N4O3/c23-21(27)20-14-19(24-26(20)17-10-5-2-6-11-17)22(28)25(15-18-12-7-13-29-18)16-8-3-1-4-9-16/h1-13,20H,14-15H2,(H2,23,27). The van der Waals surface area contributed by atoms with E-state index in [9.17, 15) is 9.59 Å². The van der Waals surface area contributed by atoms with E-state index in [2.05, 4.69) is 5.10 Å². The maximum Gasteiger partial charge on any atom is 0.274 e. The van der Waals surface area contributed by atoms with E-state index in [1.54, 1.807) is 17.2 Å². The SMILES string of the molecule is NC(=O)C1CC(C(=O)N(Cc2ccco2)c2ccccc2)=NN1c1ccccc1. The summed E-state index contributed by atoms with van der Waals surface area (Å²) >= 11 is 0. The van der Waals surface area contributed by atoms with E-state index < -0.39 is 11.9 Å². The Kier molecular flexibility index (Phi) is 5.11. The first kappa shape index (κ1) is 18.5. The molecule has 1 atom stereocenters. The molecule has 0 spiro atoms. The highest BCUT2D eigenvalue weighted by atomic mass is 16.3. The fourth-order valence-electron chi connectivity index (χ4n) is 3.28. The first-order valence-electron chi connectivity index (χ1n) is 9.24. The van der Waals surface area contributed by atoms with Gasteiger partial charge in [-0.05, 0) is 36.4 Å². The summed E-state index contributed by atoms with van der Waals surface area (Å²) < 4.78 is 5.43. The van der Waals surface area contributed by atoms with E-state index in [0.29, 0.717) is 17.1 Å². The van der Waals surface area contributed by atoms with Crippen LogP contribution in [0.2, 0.25) is 0 Å². The summed E-state index contributed by atoms with van der Waals surface area (Å²) in [5.74, 6) is -0.179. The van der Waals surface area contributed by atoms with Crippen LogP contribution in [0.15, 0.2) is 88.6 Å². The molecule has 2 amide bonds. The second kappa shape index (κ2) is 8.02. The van der Waals surface area contributed by atoms with Crippen molar-refractivity contribution < 1.29 is 14.0 Å². The van der Waals surface area contributed by atoms with Crippen LogP contribution in [0.3, 0.4) is 0 Å². The Morgan fingerprint density at radius 3 is 2.34 bits per heavy atom. The Balaban J connectivity index is 1.67. The number of para-hydroxylation sites is 2. The van der Waals surface area contributed by atoms with Crippen molar-refractivity contribution >= 4 is 28.9 Å². The number of primary amides is 1. The lowest BCUT2D eigenvalue weighted by atomic mass is 10.1. The van der Waals surface area contributed by atoms with E-state index >= 15 is 0 Å². The van der Waals surface area contributed by atoms with Gasteiger partial charge in [-0.15, -0.1) is 0 Å². The van der Waals surface area contributed by atoms with Crippen LogP contribution >= 0.6 is 0 Å². The lowest BCUT2D eigenvalue weighted by Crippen LogP contribution is -2.40. The predicted octanol–water partition coefficient (Wildman–Crippen LogP) is 2.93. The number of amides is 2. The number of hydrazone groups is 1. The van der Waals surface area contributed by atoms with Crippen LogP contribution in [0.25, 0.3) is 0 Å². The van der Waals surface area contributed by atoms with Crippen LogP contribution in [0.4, 0.5) is 11.4 Å². The summed E-state index contributed by atoms with van der Waals surface area (Å²) in [5.41, 5.74) is 7.28. The van der Waals surface area contributed by atoms with Crippen molar-refractivity contribution in [1.82, 2.24) is 0 Å². The number of nitrogens with zero attached hydrogens (tertiary/aromatic N) is 3. The third-order valence-corrected chi connectivity index (χ3v) is 4.71. The largest absolute Gasteiger partial charge is 0.467 e. The minimum absolute atomic E-state index is 0.143. The summed E-state index contributed by atoms with van der Waals surface area (Å²) in [6.07, 6.45) is 1.71. The van der Waals surface area contributed by atoms with Crippen LogP contribution in [-0.2, 0) is 16.1 Å². The highest BCUT2D eigenvalue weighted by Gasteiger charge is 2.37. The van der Waals surface area contributed by atoms with Gasteiger partial charge in [0.25, 0.3) is 5.91 Å². The number of benzene rings is 2. The molecule has 0 fully saturated rings. The Hall–Kier alpha value is -3.87. The van der Waals surface area contributed by atoms with E-state index in [0.717, 1.165) is 0 Å². The van der Waals surface area contributed by atoms with Gasteiger partial charge in [-0.25, -0.2) is 0 Å². The molecule has 0 saturated carbocycles. The first-order valence-corrected chi connectivity index (χ1v) is 9.24. The highest BCUT2D eigenvalue weighted by molar-refractivity contribution is 6.44. The number of anilines is 2. The average Bonchev–Trinajstić information content (AvgIpc) is 3.43. The molecule has 29 heavy (non-hydrogen) atoms. The monoisotopic (exact) mass is 388 g/mol. The van der Waals surface area contributed by atoms with Crippen LogP contribution in [0, 0.1) is 0 Å². The molecule has 0 saturated heterocycles. The zero-order valence-electron chi connectivity index (χ0n) is 15.6. The quantitative estimate of drug-likeness (QED) is 0.703. The van der Waals surface area contributed by atoms with Crippen LogP contribution < -0.4 is 15.6 Å². The van der Waals surface area contributed by atoms with Crippen molar-refractivity contribution in [1.29, 1.82) is 0 Å². The zero-order chi connectivity index (χ0) is 20.2. The fraction of sp³-hybridized carbons (Fsp3) is 0.136. The molecule has 146 valence electrons. The lowest BCUT2D eigenvalue weighted by Gasteiger charge is -2.21. The second-order valence-electron chi connectivity index (χ2n) is 6.66. The molecule has 1 unspecified atom stereocenters. The van der Waals surface area contributed by atoms with Gasteiger partial charge in [0.1, 0.15) is 17.5 Å². The summed E-state index contributed by atoms with van der Waals surface area (Å²) in [6, 6.07) is 21.4. The van der Waals surface area contributed by atoms with Gasteiger partial charge in [-0.1, -0.05) is 36.4 Å². The van der Waals surface area contributed by atoms with E-state index in [-0.39, 0.29) is 24.6 Å². The fourth-order valence-corrected chi connectivity index (χ4v) is 3.28. The van der Waals surface area contributed by atoms with Crippen LogP contribution in [-0.4, -0.2) is 23.6 Å². The summed E-state index contributed by atoms with van der Waals surface area (Å²) in [6.45, 7) is 0.251. The van der Waals surface area contributed by atoms with Crippen molar-refractivity contribution in [2.75, 3.05) is 9.91 Å². The minimum atomic E-state index is -0.711. The number of carbonyl (C=O) groups excluding carboxylic acids is 2. The van der Waals surface area contributed by atoms with Crippen molar-refractivity contribution in [2.24, 2.45) is 10.8 Å². The molecule has 7 nitrogen and oxygen atoms in total. The van der Waals surface area contributed by atoms with Gasteiger partial charge in [0.2, 0.25) is 5.91 Å². The second-order valence-corrected chi connectivity index (χ2v) is 6.66. The number of carbonyl (C=O) groups is 2. The Morgan fingerprint density at radius 1 is 1.03 bits per heavy atom. The number of nitrogens with two attached hydrogens (primary N) is 1. The summed E-state index contributed by atoms with van der Waals surface area (Å²) in [4.78, 5) is 27.0. The molecule has 2 N–H and O–H groups in total. The number of rotatable bonds is 6. The molecule has 0 aliphatic carbocycles. The van der Waals surface area contributed by atoms with Gasteiger partial charge < -0.3 is 10.2 Å². The van der Waals surface area contributed by atoms with Crippen molar-refractivity contribution in [3.63, 3.8) is 0 Å². The molecule has 7 heteroatoms. The van der Waals surface area contributed by atoms with Crippen LogP contribution in [0.1, 0.15) is 12.2 Å². The molecule has 1 aliphatic heterocycles. The van der Waals surface area contributed by atoms with Crippen molar-refractivity contribution in [3.8, 4) is 0 Å². The maximum absolute atomic E-state index is 13.4. The summed E-state index contributed by atoms with van der Waals surface area (Å²) in [5, 5.41) is 5.98. The molecule has 2 heterocycles. The predicted molar refractivity (Wildman–Crippen MR) is 110 cm³/mol. The molecule has 0 radical (unpaired) electrons. The smallest absolute Gasteiger partial charge is 0.274 e. The van der Waals surface area contributed by atoms with Crippen molar-refractivity contribution in [3.05, 3.63) is 84.8 Å². The number of furan rings is 1. The number of hydrogen-bond donors (Lipinski definition) is 1. The normalized spacial score (nSPS) is 15.8. The van der Waals surface area contributed by atoms with Gasteiger partial charge in [-0.2, -0.15) is 5.10 Å². The first-order chi connectivity index (χ1) is 14.1. The van der Waals surface area contributed by atoms with Gasteiger partial charge in [0.05, 0.1) is 18.5 Å². The molecular weight excluding hydrogens is 368 g/mol. The van der Waals surface area contributed by atoms with E-state index in [1.165, 1.54) is 5.01 Å². The molecular formula is C22H20N4O3. The van der Waals surface area contributed by atoms with Crippen LogP contribution in [0.5, 0.6) is 0 Å². The Labute approximate surface area is 168 Å². The molecule has 4 rings (SSSR count). The lowest BCUT2D eigenvalue weighted by molar-refractivity contribution is -0.119. The highest BCUT2D eigenvalue weighted by Crippen LogP contribution is 2.26. The van der Waals surface area contributed by atoms with Gasteiger partial charge in [-0.3, -0.25) is 19.5 Å². The minimum Gasteiger partial charge on any atom is -0.467 e.